The lowest BCUT2D eigenvalue weighted by Gasteiger charge is -2.30. The van der Waals surface area contributed by atoms with Crippen LogP contribution in [0.1, 0.15) is 24.0 Å². The van der Waals surface area contributed by atoms with E-state index in [0.29, 0.717) is 0 Å². The summed E-state index contributed by atoms with van der Waals surface area (Å²) in [5.41, 5.74) is 2.65. The third-order valence-corrected chi connectivity index (χ3v) is 4.69. The number of nitrogens with one attached hydrogen (secondary N) is 1. The van der Waals surface area contributed by atoms with E-state index in [1.54, 1.807) is 13.4 Å². The Kier molecular flexibility index (Phi) is 3.77. The molecule has 1 aliphatic carbocycles. The largest absolute Gasteiger partial charge is 0.496 e. The summed E-state index contributed by atoms with van der Waals surface area (Å²) in [5, 5.41) is 3.43. The van der Waals surface area contributed by atoms with Gasteiger partial charge >= 0.3 is 0 Å². The second-order valence-electron chi connectivity index (χ2n) is 6.36. The van der Waals surface area contributed by atoms with Crippen LogP contribution in [0.2, 0.25) is 0 Å². The van der Waals surface area contributed by atoms with Gasteiger partial charge in [0.25, 0.3) is 0 Å². The first-order valence-electron chi connectivity index (χ1n) is 8.29. The zero-order valence-corrected chi connectivity index (χ0v) is 13.5. The van der Waals surface area contributed by atoms with Gasteiger partial charge in [-0.15, -0.1) is 0 Å². The van der Waals surface area contributed by atoms with Crippen LogP contribution >= 0.6 is 0 Å². The number of aromatic nitrogens is 2. The fourth-order valence-electron chi connectivity index (χ4n) is 3.15. The van der Waals surface area contributed by atoms with Crippen LogP contribution in [-0.4, -0.2) is 30.2 Å². The molecule has 5 heteroatoms. The molecule has 0 radical (unpaired) electrons. The van der Waals surface area contributed by atoms with E-state index in [1.165, 1.54) is 24.0 Å². The van der Waals surface area contributed by atoms with Crippen LogP contribution in [0.25, 0.3) is 0 Å². The number of ether oxygens (including phenoxy) is 1. The van der Waals surface area contributed by atoms with E-state index in [0.717, 1.165) is 49.4 Å². The quantitative estimate of drug-likeness (QED) is 0.920. The molecule has 2 heterocycles. The highest BCUT2D eigenvalue weighted by molar-refractivity contribution is 5.52. The lowest BCUT2D eigenvalue weighted by Crippen LogP contribution is -2.31. The van der Waals surface area contributed by atoms with Crippen molar-refractivity contribution in [3.05, 3.63) is 41.7 Å². The first-order chi connectivity index (χ1) is 11.3. The summed E-state index contributed by atoms with van der Waals surface area (Å²) in [6.45, 7) is 2.84. The minimum Gasteiger partial charge on any atom is -0.496 e. The molecule has 5 nitrogen and oxygen atoms in total. The smallest absolute Gasteiger partial charge is 0.134 e. The van der Waals surface area contributed by atoms with Crippen LogP contribution in [0.15, 0.2) is 30.6 Å². The monoisotopic (exact) mass is 310 g/mol. The van der Waals surface area contributed by atoms with Crippen LogP contribution < -0.4 is 15.0 Å². The Morgan fingerprint density at radius 1 is 1.30 bits per heavy atom. The van der Waals surface area contributed by atoms with E-state index in [1.807, 2.05) is 6.07 Å². The summed E-state index contributed by atoms with van der Waals surface area (Å²) in [6, 6.07) is 8.34. The van der Waals surface area contributed by atoms with E-state index in [-0.39, 0.29) is 0 Å². The van der Waals surface area contributed by atoms with Gasteiger partial charge in [0.05, 0.1) is 7.11 Å². The second kappa shape index (κ2) is 6.07. The highest BCUT2D eigenvalue weighted by Crippen LogP contribution is 2.31. The van der Waals surface area contributed by atoms with Crippen LogP contribution in [0.5, 0.6) is 5.75 Å². The molecule has 0 saturated heterocycles. The molecule has 0 atom stereocenters. The predicted octanol–water partition coefficient (Wildman–Crippen LogP) is 2.87. The van der Waals surface area contributed by atoms with Crippen molar-refractivity contribution in [3.63, 3.8) is 0 Å². The SMILES string of the molecule is COc1cccc2c1CCN(c1cc(NCC3CC3)ncn1)C2. The Morgan fingerprint density at radius 3 is 3.04 bits per heavy atom. The van der Waals surface area contributed by atoms with Crippen molar-refractivity contribution in [2.24, 2.45) is 5.92 Å². The molecular formula is C18H22N4O. The molecular weight excluding hydrogens is 288 g/mol. The topological polar surface area (TPSA) is 50.3 Å². The molecule has 0 amide bonds. The highest BCUT2D eigenvalue weighted by Gasteiger charge is 2.22. The molecule has 4 rings (SSSR count). The van der Waals surface area contributed by atoms with Gasteiger partial charge in [-0.25, -0.2) is 9.97 Å². The average Bonchev–Trinajstić information content (AvgIpc) is 3.43. The predicted molar refractivity (Wildman–Crippen MR) is 91.0 cm³/mol. The van der Waals surface area contributed by atoms with Crippen molar-refractivity contribution in [1.82, 2.24) is 9.97 Å². The molecule has 1 saturated carbocycles. The molecule has 0 bridgehead atoms. The lowest BCUT2D eigenvalue weighted by molar-refractivity contribution is 0.407. The Hall–Kier alpha value is -2.30. The average molecular weight is 310 g/mol. The van der Waals surface area contributed by atoms with Crippen LogP contribution in [-0.2, 0) is 13.0 Å². The van der Waals surface area contributed by atoms with Gasteiger partial charge in [0.2, 0.25) is 0 Å². The van der Waals surface area contributed by atoms with Gasteiger partial charge in [0.15, 0.2) is 0 Å². The molecule has 23 heavy (non-hydrogen) atoms. The van der Waals surface area contributed by atoms with E-state index in [4.69, 9.17) is 4.74 Å². The number of fused-ring (bicyclic) bond motifs is 1. The Morgan fingerprint density at radius 2 is 2.22 bits per heavy atom. The van der Waals surface area contributed by atoms with Crippen molar-refractivity contribution in [2.75, 3.05) is 30.4 Å². The maximum absolute atomic E-state index is 5.48. The lowest BCUT2D eigenvalue weighted by atomic mass is 9.99. The van der Waals surface area contributed by atoms with Crippen LogP contribution in [0.3, 0.4) is 0 Å². The summed E-state index contributed by atoms with van der Waals surface area (Å²) in [7, 11) is 1.74. The minimum absolute atomic E-state index is 0.836. The Bertz CT molecular complexity index is 699. The molecule has 2 aliphatic rings. The van der Waals surface area contributed by atoms with E-state index in [2.05, 4.69) is 38.4 Å². The van der Waals surface area contributed by atoms with Gasteiger partial charge < -0.3 is 15.0 Å². The molecule has 120 valence electrons. The maximum Gasteiger partial charge on any atom is 0.134 e. The van der Waals surface area contributed by atoms with Crippen molar-refractivity contribution in [3.8, 4) is 5.75 Å². The zero-order chi connectivity index (χ0) is 15.6. The van der Waals surface area contributed by atoms with Crippen molar-refractivity contribution in [1.29, 1.82) is 0 Å². The van der Waals surface area contributed by atoms with E-state index in [9.17, 15) is 0 Å². The van der Waals surface area contributed by atoms with Gasteiger partial charge in [-0.3, -0.25) is 0 Å². The van der Waals surface area contributed by atoms with E-state index >= 15 is 0 Å². The van der Waals surface area contributed by atoms with Crippen molar-refractivity contribution >= 4 is 11.6 Å². The van der Waals surface area contributed by atoms with Crippen molar-refractivity contribution in [2.45, 2.75) is 25.8 Å². The van der Waals surface area contributed by atoms with Gasteiger partial charge in [-0.2, -0.15) is 0 Å². The third-order valence-electron chi connectivity index (χ3n) is 4.69. The zero-order valence-electron chi connectivity index (χ0n) is 13.5. The molecule has 1 aliphatic heterocycles. The number of rotatable bonds is 5. The third kappa shape index (κ3) is 3.09. The van der Waals surface area contributed by atoms with Gasteiger partial charge in [-0.1, -0.05) is 12.1 Å². The van der Waals surface area contributed by atoms with Crippen molar-refractivity contribution < 1.29 is 4.74 Å². The second-order valence-corrected chi connectivity index (χ2v) is 6.36. The normalized spacial score (nSPS) is 16.8. The first kappa shape index (κ1) is 14.3. The number of hydrogen-bond acceptors (Lipinski definition) is 5. The number of benzene rings is 1. The van der Waals surface area contributed by atoms with Gasteiger partial charge in [0.1, 0.15) is 23.7 Å². The van der Waals surface area contributed by atoms with E-state index < -0.39 is 0 Å². The van der Waals surface area contributed by atoms with Crippen LogP contribution in [0, 0.1) is 5.92 Å². The fraction of sp³-hybridized carbons (Fsp3) is 0.444. The number of hydrogen-bond donors (Lipinski definition) is 1. The molecule has 1 fully saturated rings. The number of methoxy groups -OCH3 is 1. The molecule has 1 aromatic heterocycles. The van der Waals surface area contributed by atoms with Gasteiger partial charge in [-0.05, 0) is 36.8 Å². The molecule has 1 aromatic carbocycles. The highest BCUT2D eigenvalue weighted by atomic mass is 16.5. The number of nitrogens with zero attached hydrogens (tertiary/aromatic N) is 3. The summed E-state index contributed by atoms with van der Waals surface area (Å²) in [4.78, 5) is 11.1. The maximum atomic E-state index is 5.48. The van der Waals surface area contributed by atoms with Gasteiger partial charge in [0, 0.05) is 31.3 Å². The summed E-state index contributed by atoms with van der Waals surface area (Å²) in [6.07, 6.45) is 5.32. The molecule has 0 spiro atoms. The fourth-order valence-corrected chi connectivity index (χ4v) is 3.15. The molecule has 2 aromatic rings. The Labute approximate surface area is 136 Å². The number of anilines is 2. The summed E-state index contributed by atoms with van der Waals surface area (Å²) >= 11 is 0. The first-order valence-corrected chi connectivity index (χ1v) is 8.29. The summed E-state index contributed by atoms with van der Waals surface area (Å²) in [5.74, 6) is 3.75. The standard InChI is InChI=1S/C18H22N4O/c1-23-16-4-2-3-14-11-22(8-7-15(14)16)18-9-17(20-12-21-18)19-10-13-5-6-13/h2-4,9,12-13H,5-8,10-11H2,1H3,(H,19,20,21). The minimum atomic E-state index is 0.836. The Balaban J connectivity index is 1.51. The molecule has 1 N–H and O–H groups in total. The van der Waals surface area contributed by atoms with Crippen LogP contribution in [0.4, 0.5) is 11.6 Å². The molecule has 0 unspecified atom stereocenters. The summed E-state index contributed by atoms with van der Waals surface area (Å²) < 4.78 is 5.48.